The summed E-state index contributed by atoms with van der Waals surface area (Å²) in [5.74, 6) is 0.711. The van der Waals surface area contributed by atoms with Crippen LogP contribution in [0.15, 0.2) is 47.1 Å². The van der Waals surface area contributed by atoms with Gasteiger partial charge in [0, 0.05) is 36.7 Å². The van der Waals surface area contributed by atoms with Crippen LogP contribution < -0.4 is 5.32 Å². The van der Waals surface area contributed by atoms with Gasteiger partial charge in [0.2, 0.25) is 5.91 Å². The van der Waals surface area contributed by atoms with Gasteiger partial charge in [0.15, 0.2) is 11.5 Å². The molecule has 9 heteroatoms. The molecule has 1 aromatic carbocycles. The number of likely N-dealkylation sites (tertiary alicyclic amines) is 1. The van der Waals surface area contributed by atoms with Gasteiger partial charge >= 0.3 is 0 Å². The number of hydrogen-bond donors (Lipinski definition) is 1. The van der Waals surface area contributed by atoms with Crippen LogP contribution in [0.25, 0.3) is 22.3 Å². The number of benzene rings is 1. The largest absolute Gasteiger partial charge is 0.360 e. The fourth-order valence-corrected chi connectivity index (χ4v) is 4.61. The Balaban J connectivity index is 1.39. The Hall–Kier alpha value is -4.01. The zero-order chi connectivity index (χ0) is 25.4. The number of hydrogen-bond acceptors (Lipinski definition) is 6. The minimum absolute atomic E-state index is 0.0648. The van der Waals surface area contributed by atoms with Gasteiger partial charge in [0.25, 0.3) is 5.91 Å². The highest BCUT2D eigenvalue weighted by Gasteiger charge is 2.30. The molecule has 0 atom stereocenters. The van der Waals surface area contributed by atoms with Gasteiger partial charge in [-0.05, 0) is 46.6 Å². The van der Waals surface area contributed by atoms with Gasteiger partial charge in [0.1, 0.15) is 5.76 Å². The first-order valence-electron chi connectivity index (χ1n) is 12.3. The maximum atomic E-state index is 13.7. The quantitative estimate of drug-likeness (QED) is 0.435. The fourth-order valence-electron chi connectivity index (χ4n) is 4.61. The topological polar surface area (TPSA) is 106 Å². The number of piperidine rings is 1. The smallest absolute Gasteiger partial charge is 0.254 e. The number of fused-ring (bicyclic) bond motifs is 1. The number of rotatable bonds is 5. The molecule has 4 heterocycles. The molecule has 2 amide bonds. The maximum absolute atomic E-state index is 13.7. The second-order valence-corrected chi connectivity index (χ2v) is 9.72. The molecular formula is C27H30N6O3. The van der Waals surface area contributed by atoms with Crippen molar-refractivity contribution in [1.29, 1.82) is 0 Å². The summed E-state index contributed by atoms with van der Waals surface area (Å²) in [7, 11) is 0. The van der Waals surface area contributed by atoms with Crippen molar-refractivity contribution in [2.24, 2.45) is 5.92 Å². The molecule has 1 aliphatic rings. The van der Waals surface area contributed by atoms with Crippen LogP contribution in [-0.2, 0) is 4.79 Å². The summed E-state index contributed by atoms with van der Waals surface area (Å²) >= 11 is 0. The number of pyridine rings is 1. The summed E-state index contributed by atoms with van der Waals surface area (Å²) < 4.78 is 6.87. The van der Waals surface area contributed by atoms with E-state index in [9.17, 15) is 9.59 Å². The molecule has 4 aromatic rings. The van der Waals surface area contributed by atoms with Crippen molar-refractivity contribution in [2.45, 2.75) is 46.6 Å². The van der Waals surface area contributed by atoms with Crippen molar-refractivity contribution in [2.75, 3.05) is 18.4 Å². The summed E-state index contributed by atoms with van der Waals surface area (Å²) in [6, 6.07) is 11.8. The third kappa shape index (κ3) is 4.60. The van der Waals surface area contributed by atoms with Crippen LogP contribution in [0.2, 0.25) is 0 Å². The first-order valence-corrected chi connectivity index (χ1v) is 12.3. The molecule has 186 valence electrons. The summed E-state index contributed by atoms with van der Waals surface area (Å²) in [4.78, 5) is 33.1. The van der Waals surface area contributed by atoms with Crippen LogP contribution in [0.5, 0.6) is 0 Å². The van der Waals surface area contributed by atoms with Crippen LogP contribution >= 0.6 is 0 Å². The molecule has 1 aliphatic heterocycles. The van der Waals surface area contributed by atoms with Crippen molar-refractivity contribution in [3.63, 3.8) is 0 Å². The Morgan fingerprint density at radius 3 is 2.44 bits per heavy atom. The predicted octanol–water partition coefficient (Wildman–Crippen LogP) is 4.77. The number of aryl methyl sites for hydroxylation is 2. The zero-order valence-corrected chi connectivity index (χ0v) is 21.0. The van der Waals surface area contributed by atoms with Crippen molar-refractivity contribution >= 4 is 28.7 Å². The van der Waals surface area contributed by atoms with Gasteiger partial charge < -0.3 is 14.7 Å². The predicted molar refractivity (Wildman–Crippen MR) is 137 cm³/mol. The van der Waals surface area contributed by atoms with Gasteiger partial charge in [-0.3, -0.25) is 9.59 Å². The zero-order valence-electron chi connectivity index (χ0n) is 21.0. The molecule has 3 aromatic heterocycles. The molecular weight excluding hydrogens is 456 g/mol. The second kappa shape index (κ2) is 9.56. The summed E-state index contributed by atoms with van der Waals surface area (Å²) in [6.07, 6.45) is 2.89. The van der Waals surface area contributed by atoms with E-state index in [-0.39, 0.29) is 23.8 Å². The standard InChI is InChI=1S/C27H30N6O3/c1-16(2)33-25-22(15-28-33)21(14-23(29-25)19-7-5-17(3)6-8-19)27(35)32-11-9-20(10-12-32)26(34)30-24-13-18(4)36-31-24/h5-8,13-16,20H,9-12H2,1-4H3,(H,30,31,34). The van der Waals surface area contributed by atoms with E-state index < -0.39 is 0 Å². The van der Waals surface area contributed by atoms with E-state index in [2.05, 4.69) is 15.6 Å². The van der Waals surface area contributed by atoms with Crippen LogP contribution in [0.1, 0.15) is 54.4 Å². The minimum atomic E-state index is -0.185. The average molecular weight is 487 g/mol. The van der Waals surface area contributed by atoms with Crippen LogP contribution in [0.4, 0.5) is 5.82 Å². The normalized spacial score (nSPS) is 14.5. The lowest BCUT2D eigenvalue weighted by Gasteiger charge is -2.31. The number of nitrogens with zero attached hydrogens (tertiary/aromatic N) is 5. The number of anilines is 1. The van der Waals surface area contributed by atoms with Crippen molar-refractivity contribution in [3.8, 4) is 11.3 Å². The first-order chi connectivity index (χ1) is 17.3. The van der Waals surface area contributed by atoms with E-state index in [0.29, 0.717) is 48.7 Å². The summed E-state index contributed by atoms with van der Waals surface area (Å²) in [6.45, 7) is 8.90. The van der Waals surface area contributed by atoms with E-state index >= 15 is 0 Å². The molecule has 0 radical (unpaired) electrons. The monoisotopic (exact) mass is 486 g/mol. The van der Waals surface area contributed by atoms with Gasteiger partial charge in [-0.1, -0.05) is 35.0 Å². The molecule has 0 saturated carbocycles. The number of nitrogens with one attached hydrogen (secondary N) is 1. The number of carbonyl (C=O) groups excluding carboxylic acids is 2. The van der Waals surface area contributed by atoms with Crippen LogP contribution in [0, 0.1) is 19.8 Å². The average Bonchev–Trinajstić information content (AvgIpc) is 3.49. The Labute approximate surface area is 209 Å². The molecule has 36 heavy (non-hydrogen) atoms. The number of amides is 2. The van der Waals surface area contributed by atoms with Gasteiger partial charge in [-0.2, -0.15) is 5.10 Å². The molecule has 0 bridgehead atoms. The highest BCUT2D eigenvalue weighted by atomic mass is 16.5. The fraction of sp³-hybridized carbons (Fsp3) is 0.370. The van der Waals surface area contributed by atoms with Crippen molar-refractivity contribution in [3.05, 3.63) is 59.5 Å². The Morgan fingerprint density at radius 2 is 1.81 bits per heavy atom. The van der Waals surface area contributed by atoms with Crippen LogP contribution in [-0.4, -0.2) is 49.7 Å². The van der Waals surface area contributed by atoms with Gasteiger partial charge in [-0.25, -0.2) is 9.67 Å². The van der Waals surface area contributed by atoms with Crippen molar-refractivity contribution in [1.82, 2.24) is 24.8 Å². The first kappa shape index (κ1) is 23.7. The molecule has 1 fully saturated rings. The highest BCUT2D eigenvalue weighted by molar-refractivity contribution is 6.06. The summed E-state index contributed by atoms with van der Waals surface area (Å²) in [5.41, 5.74) is 4.14. The van der Waals surface area contributed by atoms with Crippen molar-refractivity contribution < 1.29 is 14.1 Å². The molecule has 0 unspecified atom stereocenters. The van der Waals surface area contributed by atoms with E-state index in [1.54, 1.807) is 19.2 Å². The lowest BCUT2D eigenvalue weighted by molar-refractivity contribution is -0.121. The number of carbonyl (C=O) groups is 2. The molecule has 1 N–H and O–H groups in total. The molecule has 0 spiro atoms. The molecule has 9 nitrogen and oxygen atoms in total. The third-order valence-corrected chi connectivity index (χ3v) is 6.67. The van der Waals surface area contributed by atoms with E-state index in [1.807, 2.05) is 60.7 Å². The van der Waals surface area contributed by atoms with Gasteiger partial charge in [-0.15, -0.1) is 0 Å². The maximum Gasteiger partial charge on any atom is 0.254 e. The lowest BCUT2D eigenvalue weighted by Crippen LogP contribution is -2.41. The SMILES string of the molecule is Cc1ccc(-c2cc(C(=O)N3CCC(C(=O)Nc4cc(C)on4)CC3)c3cnn(C(C)C)c3n2)cc1. The second-order valence-electron chi connectivity index (χ2n) is 9.72. The highest BCUT2D eigenvalue weighted by Crippen LogP contribution is 2.29. The molecule has 5 rings (SSSR count). The van der Waals surface area contributed by atoms with Gasteiger partial charge in [0.05, 0.1) is 22.8 Å². The Morgan fingerprint density at radius 1 is 1.08 bits per heavy atom. The Bertz CT molecular complexity index is 1410. The van der Waals surface area contributed by atoms with Crippen LogP contribution in [0.3, 0.4) is 0 Å². The lowest BCUT2D eigenvalue weighted by atomic mass is 9.95. The summed E-state index contributed by atoms with van der Waals surface area (Å²) in [5, 5.41) is 11.9. The minimum Gasteiger partial charge on any atom is -0.360 e. The molecule has 1 saturated heterocycles. The van der Waals surface area contributed by atoms with E-state index in [1.165, 1.54) is 0 Å². The Kier molecular flexibility index (Phi) is 6.30. The van der Waals surface area contributed by atoms with E-state index in [0.717, 1.165) is 22.2 Å². The number of aromatic nitrogens is 4. The molecule has 0 aliphatic carbocycles. The third-order valence-electron chi connectivity index (χ3n) is 6.67. The van der Waals surface area contributed by atoms with E-state index in [4.69, 9.17) is 9.51 Å².